The van der Waals surface area contributed by atoms with Gasteiger partial charge in [0.2, 0.25) is 0 Å². The van der Waals surface area contributed by atoms with Gasteiger partial charge in [-0.2, -0.15) is 0 Å². The van der Waals surface area contributed by atoms with Gasteiger partial charge < -0.3 is 9.72 Å². The Labute approximate surface area is 152 Å². The van der Waals surface area contributed by atoms with E-state index in [0.717, 1.165) is 42.1 Å². The minimum absolute atomic E-state index is 0.158. The molecule has 0 atom stereocenters. The van der Waals surface area contributed by atoms with Gasteiger partial charge in [-0.05, 0) is 38.3 Å². The van der Waals surface area contributed by atoms with Crippen LogP contribution in [-0.2, 0) is 0 Å². The van der Waals surface area contributed by atoms with Crippen molar-refractivity contribution < 1.29 is 4.74 Å². The SMILES string of the molecule is CCCOc1ccccc1-c1nn2c(C3CCCC3)nc(C)c2c(=O)[nH]1. The second kappa shape index (κ2) is 6.94. The summed E-state index contributed by atoms with van der Waals surface area (Å²) in [5.74, 6) is 2.54. The number of H-pyrrole nitrogens is 1. The topological polar surface area (TPSA) is 72.3 Å². The second-order valence-electron chi connectivity index (χ2n) is 6.94. The van der Waals surface area contributed by atoms with Crippen LogP contribution in [0.1, 0.15) is 56.5 Å². The maximum atomic E-state index is 12.8. The predicted molar refractivity (Wildman–Crippen MR) is 101 cm³/mol. The second-order valence-corrected chi connectivity index (χ2v) is 6.94. The number of rotatable bonds is 5. The number of imidazole rings is 1. The Morgan fingerprint density at radius 1 is 1.27 bits per heavy atom. The molecule has 0 bridgehead atoms. The Balaban J connectivity index is 1.87. The lowest BCUT2D eigenvalue weighted by Gasteiger charge is -2.11. The number of para-hydroxylation sites is 1. The first-order valence-corrected chi connectivity index (χ1v) is 9.40. The van der Waals surface area contributed by atoms with Crippen molar-refractivity contribution in [2.75, 3.05) is 6.61 Å². The molecule has 4 rings (SSSR count). The highest BCUT2D eigenvalue weighted by atomic mass is 16.5. The van der Waals surface area contributed by atoms with E-state index >= 15 is 0 Å². The third-order valence-corrected chi connectivity index (χ3v) is 5.02. The van der Waals surface area contributed by atoms with Crippen molar-refractivity contribution in [3.05, 3.63) is 46.1 Å². The van der Waals surface area contributed by atoms with Crippen molar-refractivity contribution in [1.82, 2.24) is 19.6 Å². The van der Waals surface area contributed by atoms with Crippen LogP contribution in [0.3, 0.4) is 0 Å². The van der Waals surface area contributed by atoms with Crippen molar-refractivity contribution in [1.29, 1.82) is 0 Å². The average Bonchev–Trinajstić information content (AvgIpc) is 3.28. The molecule has 136 valence electrons. The molecule has 6 nitrogen and oxygen atoms in total. The summed E-state index contributed by atoms with van der Waals surface area (Å²) in [7, 11) is 0. The smallest absolute Gasteiger partial charge is 0.277 e. The van der Waals surface area contributed by atoms with Crippen LogP contribution in [-0.4, -0.2) is 26.2 Å². The highest BCUT2D eigenvalue weighted by Crippen LogP contribution is 2.34. The molecule has 3 aromatic rings. The highest BCUT2D eigenvalue weighted by Gasteiger charge is 2.25. The lowest BCUT2D eigenvalue weighted by Crippen LogP contribution is -2.16. The van der Waals surface area contributed by atoms with E-state index in [9.17, 15) is 4.79 Å². The normalized spacial score (nSPS) is 15.0. The number of nitrogens with one attached hydrogen (secondary N) is 1. The first-order valence-electron chi connectivity index (χ1n) is 9.40. The number of ether oxygens (including phenoxy) is 1. The molecule has 0 unspecified atom stereocenters. The van der Waals surface area contributed by atoms with Crippen LogP contribution < -0.4 is 10.3 Å². The molecule has 0 spiro atoms. The molecule has 1 saturated carbocycles. The number of nitrogens with zero attached hydrogens (tertiary/aromatic N) is 3. The predicted octanol–water partition coefficient (Wildman–Crippen LogP) is 3.84. The fourth-order valence-electron chi connectivity index (χ4n) is 3.76. The van der Waals surface area contributed by atoms with E-state index < -0.39 is 0 Å². The molecular weight excluding hydrogens is 328 g/mol. The zero-order valence-corrected chi connectivity index (χ0v) is 15.3. The summed E-state index contributed by atoms with van der Waals surface area (Å²) >= 11 is 0. The van der Waals surface area contributed by atoms with Crippen LogP contribution >= 0.6 is 0 Å². The zero-order chi connectivity index (χ0) is 18.1. The van der Waals surface area contributed by atoms with E-state index in [1.54, 1.807) is 4.52 Å². The molecule has 2 aromatic heterocycles. The van der Waals surface area contributed by atoms with Crippen LogP contribution in [0.2, 0.25) is 0 Å². The Hall–Kier alpha value is -2.63. The molecule has 2 heterocycles. The number of hydrogen-bond acceptors (Lipinski definition) is 4. The third-order valence-electron chi connectivity index (χ3n) is 5.02. The molecule has 0 aliphatic heterocycles. The monoisotopic (exact) mass is 352 g/mol. The Morgan fingerprint density at radius 2 is 2.04 bits per heavy atom. The van der Waals surface area contributed by atoms with Crippen molar-refractivity contribution in [2.45, 2.75) is 51.9 Å². The van der Waals surface area contributed by atoms with Gasteiger partial charge >= 0.3 is 0 Å². The van der Waals surface area contributed by atoms with Gasteiger partial charge in [-0.25, -0.2) is 9.50 Å². The molecular formula is C20H24N4O2. The number of hydrogen-bond donors (Lipinski definition) is 1. The summed E-state index contributed by atoms with van der Waals surface area (Å²) in [6.45, 7) is 4.57. The summed E-state index contributed by atoms with van der Waals surface area (Å²) in [6.07, 6.45) is 5.56. The third kappa shape index (κ3) is 2.89. The molecule has 0 amide bonds. The van der Waals surface area contributed by atoms with E-state index in [1.165, 1.54) is 12.8 Å². The lowest BCUT2D eigenvalue weighted by atomic mass is 10.1. The quantitative estimate of drug-likeness (QED) is 0.757. The van der Waals surface area contributed by atoms with Crippen LogP contribution in [0.5, 0.6) is 5.75 Å². The van der Waals surface area contributed by atoms with Crippen LogP contribution in [0.15, 0.2) is 29.1 Å². The Bertz CT molecular complexity index is 983. The number of benzene rings is 1. The van der Waals surface area contributed by atoms with Crippen LogP contribution in [0.25, 0.3) is 16.9 Å². The fourth-order valence-corrected chi connectivity index (χ4v) is 3.76. The molecule has 0 radical (unpaired) electrons. The Morgan fingerprint density at radius 3 is 2.81 bits per heavy atom. The molecule has 6 heteroatoms. The molecule has 0 saturated heterocycles. The average molecular weight is 352 g/mol. The van der Waals surface area contributed by atoms with Crippen LogP contribution in [0.4, 0.5) is 0 Å². The summed E-state index contributed by atoms with van der Waals surface area (Å²) in [6, 6.07) is 7.69. The minimum Gasteiger partial charge on any atom is -0.493 e. The van der Waals surface area contributed by atoms with E-state index in [4.69, 9.17) is 9.84 Å². The van der Waals surface area contributed by atoms with Crippen molar-refractivity contribution in [3.63, 3.8) is 0 Å². The van der Waals surface area contributed by atoms with E-state index in [2.05, 4.69) is 16.9 Å². The van der Waals surface area contributed by atoms with Crippen molar-refractivity contribution in [2.24, 2.45) is 0 Å². The number of fused-ring (bicyclic) bond motifs is 1. The summed E-state index contributed by atoms with van der Waals surface area (Å²) < 4.78 is 7.60. The standard InChI is InChI=1S/C20H24N4O2/c1-3-12-26-16-11-7-6-10-15(16)18-22-20(25)17-13(2)21-19(24(17)23-18)14-8-4-5-9-14/h6-7,10-11,14H,3-5,8-9,12H2,1-2H3,(H,22,23,25). The molecule has 1 aliphatic carbocycles. The van der Waals surface area contributed by atoms with Gasteiger partial charge in [0.1, 0.15) is 11.6 Å². The number of aromatic nitrogens is 4. The number of aromatic amines is 1. The zero-order valence-electron chi connectivity index (χ0n) is 15.3. The number of aryl methyl sites for hydroxylation is 1. The first kappa shape index (κ1) is 16.8. The van der Waals surface area contributed by atoms with E-state index in [-0.39, 0.29) is 5.56 Å². The lowest BCUT2D eigenvalue weighted by molar-refractivity contribution is 0.318. The van der Waals surface area contributed by atoms with E-state index in [0.29, 0.717) is 23.9 Å². The maximum Gasteiger partial charge on any atom is 0.277 e. The highest BCUT2D eigenvalue weighted by molar-refractivity contribution is 5.64. The van der Waals surface area contributed by atoms with Gasteiger partial charge in [0, 0.05) is 5.92 Å². The maximum absolute atomic E-state index is 12.8. The van der Waals surface area contributed by atoms with Crippen molar-refractivity contribution >= 4 is 5.52 Å². The van der Waals surface area contributed by atoms with Gasteiger partial charge in [0.15, 0.2) is 11.3 Å². The molecule has 1 aliphatic rings. The first-order chi connectivity index (χ1) is 12.7. The van der Waals surface area contributed by atoms with Crippen LogP contribution in [0, 0.1) is 6.92 Å². The van der Waals surface area contributed by atoms with Crippen molar-refractivity contribution in [3.8, 4) is 17.1 Å². The summed E-state index contributed by atoms with van der Waals surface area (Å²) in [4.78, 5) is 20.4. The molecule has 1 aromatic carbocycles. The summed E-state index contributed by atoms with van der Waals surface area (Å²) in [5, 5.41) is 4.76. The summed E-state index contributed by atoms with van der Waals surface area (Å²) in [5.41, 5.74) is 1.92. The molecule has 26 heavy (non-hydrogen) atoms. The Kier molecular flexibility index (Phi) is 4.49. The van der Waals surface area contributed by atoms with Gasteiger partial charge in [0.05, 0.1) is 17.9 Å². The van der Waals surface area contributed by atoms with Gasteiger partial charge in [-0.3, -0.25) is 4.79 Å². The minimum atomic E-state index is -0.158. The van der Waals surface area contributed by atoms with Gasteiger partial charge in [-0.15, -0.1) is 5.10 Å². The largest absolute Gasteiger partial charge is 0.493 e. The van der Waals surface area contributed by atoms with Gasteiger partial charge in [-0.1, -0.05) is 31.9 Å². The van der Waals surface area contributed by atoms with E-state index in [1.807, 2.05) is 31.2 Å². The molecule has 1 N–H and O–H groups in total. The van der Waals surface area contributed by atoms with Gasteiger partial charge in [0.25, 0.3) is 5.56 Å². The molecule has 1 fully saturated rings. The fraction of sp³-hybridized carbons (Fsp3) is 0.450.